The van der Waals surface area contributed by atoms with Gasteiger partial charge in [0.2, 0.25) is 6.41 Å². The van der Waals surface area contributed by atoms with Crippen molar-refractivity contribution in [1.29, 1.82) is 0 Å². The molecule has 0 atom stereocenters. The molecule has 0 bridgehead atoms. The smallest absolute Gasteiger partial charge is 0.204 e. The van der Waals surface area contributed by atoms with Crippen molar-refractivity contribution in [3.05, 3.63) is 70.6 Å². The molecule has 1 aliphatic heterocycles. The van der Waals surface area contributed by atoms with Gasteiger partial charge in [0.05, 0.1) is 0 Å². The number of carbonyl (C=O) groups excluding carboxylic acids is 1. The minimum absolute atomic E-state index is 0.250. The molecular weight excluding hydrogens is 312 g/mol. The Kier molecular flexibility index (Phi) is 6.46. The number of anilines is 1. The molecule has 25 heavy (non-hydrogen) atoms. The first-order valence-corrected chi connectivity index (χ1v) is 8.20. The van der Waals surface area contributed by atoms with Gasteiger partial charge in [0.25, 0.3) is 0 Å². The van der Waals surface area contributed by atoms with Crippen LogP contribution in [0.15, 0.2) is 53.2 Å². The average Bonchev–Trinajstić information content (AvgIpc) is 3.00. The maximum Gasteiger partial charge on any atom is 0.204 e. The molecule has 5 heteroatoms. The lowest BCUT2D eigenvalue weighted by molar-refractivity contribution is -0.106. The molecule has 0 radical (unpaired) electrons. The summed E-state index contributed by atoms with van der Waals surface area (Å²) in [5.41, 5.74) is 17.1. The van der Waals surface area contributed by atoms with Gasteiger partial charge in [-0.15, -0.1) is 0 Å². The quantitative estimate of drug-likeness (QED) is 0.841. The molecule has 2 aromatic rings. The van der Waals surface area contributed by atoms with Crippen LogP contribution in [-0.4, -0.2) is 17.1 Å². The van der Waals surface area contributed by atoms with Gasteiger partial charge in [0.15, 0.2) is 0 Å². The molecule has 0 saturated heterocycles. The lowest BCUT2D eigenvalue weighted by Crippen LogP contribution is -2.02. The van der Waals surface area contributed by atoms with Crippen molar-refractivity contribution in [2.45, 2.75) is 33.1 Å². The molecule has 3 rings (SSSR count). The van der Waals surface area contributed by atoms with Crippen molar-refractivity contribution in [3.63, 3.8) is 0 Å². The number of primary amides is 1. The fraction of sp³-hybridized carbons (Fsp3) is 0.250. The number of aryl methyl sites for hydroxylation is 2. The number of pyridine rings is 1. The van der Waals surface area contributed by atoms with Crippen LogP contribution in [0.3, 0.4) is 0 Å². The van der Waals surface area contributed by atoms with Gasteiger partial charge < -0.3 is 11.5 Å². The number of aromatic nitrogens is 1. The first-order chi connectivity index (χ1) is 12.0. The molecule has 2 heterocycles. The standard InChI is InChI=1S/C19H21N3.CH3NO/c1-13-10-19(20)21-14(2)18(13)12-17-9-8-16(22-17)11-15-6-4-3-5-7-15;2-1-3/h3-7,9-10H,8,11-12H2,1-2H3,(H2,20,21);1H,(H2,2,3). The fourth-order valence-corrected chi connectivity index (χ4v) is 2.92. The predicted octanol–water partition coefficient (Wildman–Crippen LogP) is 2.90. The number of hydrogen-bond acceptors (Lipinski definition) is 4. The molecule has 130 valence electrons. The Bertz CT molecular complexity index is 772. The largest absolute Gasteiger partial charge is 0.384 e. The molecule has 0 aliphatic carbocycles. The van der Waals surface area contributed by atoms with Crippen LogP contribution in [0.5, 0.6) is 0 Å². The molecule has 1 aliphatic rings. The normalized spacial score (nSPS) is 12.7. The van der Waals surface area contributed by atoms with Crippen molar-refractivity contribution in [1.82, 2.24) is 4.98 Å². The van der Waals surface area contributed by atoms with E-state index < -0.39 is 0 Å². The Morgan fingerprint density at radius 2 is 1.84 bits per heavy atom. The van der Waals surface area contributed by atoms with Crippen molar-refractivity contribution < 1.29 is 4.79 Å². The lowest BCUT2D eigenvalue weighted by Gasteiger charge is -2.09. The second-order valence-corrected chi connectivity index (χ2v) is 5.98. The summed E-state index contributed by atoms with van der Waals surface area (Å²) in [4.78, 5) is 17.8. The molecule has 5 nitrogen and oxygen atoms in total. The summed E-state index contributed by atoms with van der Waals surface area (Å²) >= 11 is 0. The maximum absolute atomic E-state index is 8.58. The van der Waals surface area contributed by atoms with E-state index in [9.17, 15) is 0 Å². The molecular formula is C20H24N4O. The van der Waals surface area contributed by atoms with Crippen molar-refractivity contribution in [3.8, 4) is 0 Å². The predicted molar refractivity (Wildman–Crippen MR) is 102 cm³/mol. The van der Waals surface area contributed by atoms with Crippen LogP contribution in [0.2, 0.25) is 0 Å². The number of rotatable bonds is 4. The zero-order valence-electron chi connectivity index (χ0n) is 14.7. The first-order valence-electron chi connectivity index (χ1n) is 8.20. The van der Waals surface area contributed by atoms with Crippen LogP contribution in [-0.2, 0) is 17.6 Å². The maximum atomic E-state index is 8.58. The SMILES string of the molecule is Cc1cc(N)nc(C)c1CC1=CCC(Cc2ccccc2)=N1.NC=O. The number of benzene rings is 1. The van der Waals surface area contributed by atoms with Crippen LogP contribution >= 0.6 is 0 Å². The molecule has 0 fully saturated rings. The highest BCUT2D eigenvalue weighted by Crippen LogP contribution is 2.22. The summed E-state index contributed by atoms with van der Waals surface area (Å²) in [7, 11) is 0. The molecule has 0 saturated carbocycles. The summed E-state index contributed by atoms with van der Waals surface area (Å²) in [6.07, 6.45) is 5.19. The Balaban J connectivity index is 0.000000701. The summed E-state index contributed by atoms with van der Waals surface area (Å²) in [5.74, 6) is 0.590. The number of nitrogens with two attached hydrogens (primary N) is 2. The summed E-state index contributed by atoms with van der Waals surface area (Å²) < 4.78 is 0. The molecule has 4 N–H and O–H groups in total. The Labute approximate surface area is 148 Å². The second kappa shape index (κ2) is 8.78. The third-order valence-corrected chi connectivity index (χ3v) is 4.06. The highest BCUT2D eigenvalue weighted by molar-refractivity contribution is 5.90. The summed E-state index contributed by atoms with van der Waals surface area (Å²) in [5, 5.41) is 0. The van der Waals surface area contributed by atoms with E-state index in [1.165, 1.54) is 22.4 Å². The van der Waals surface area contributed by atoms with Crippen LogP contribution < -0.4 is 11.5 Å². The topological polar surface area (TPSA) is 94.4 Å². The van der Waals surface area contributed by atoms with E-state index in [2.05, 4.69) is 48.0 Å². The number of nitrogen functional groups attached to an aromatic ring is 1. The Hall–Kier alpha value is -2.95. The van der Waals surface area contributed by atoms with E-state index in [0.29, 0.717) is 5.82 Å². The summed E-state index contributed by atoms with van der Waals surface area (Å²) in [6.45, 7) is 4.10. The number of hydrogen-bond donors (Lipinski definition) is 2. The third kappa shape index (κ3) is 5.28. The van der Waals surface area contributed by atoms with E-state index in [1.54, 1.807) is 0 Å². The minimum atomic E-state index is 0.250. The van der Waals surface area contributed by atoms with Crippen LogP contribution in [0.4, 0.5) is 5.82 Å². The molecule has 0 spiro atoms. The number of aliphatic imine (C=N–C) groups is 1. The van der Waals surface area contributed by atoms with Crippen molar-refractivity contribution >= 4 is 17.9 Å². The highest BCUT2D eigenvalue weighted by Gasteiger charge is 2.13. The Morgan fingerprint density at radius 3 is 2.48 bits per heavy atom. The van der Waals surface area contributed by atoms with Gasteiger partial charge in [-0.2, -0.15) is 0 Å². The third-order valence-electron chi connectivity index (χ3n) is 4.06. The van der Waals surface area contributed by atoms with Gasteiger partial charge in [-0.3, -0.25) is 9.79 Å². The van der Waals surface area contributed by atoms with Gasteiger partial charge in [-0.05, 0) is 36.6 Å². The second-order valence-electron chi connectivity index (χ2n) is 5.98. The molecule has 0 unspecified atom stereocenters. The van der Waals surface area contributed by atoms with E-state index >= 15 is 0 Å². The Morgan fingerprint density at radius 1 is 1.16 bits per heavy atom. The lowest BCUT2D eigenvalue weighted by atomic mass is 10.0. The number of carbonyl (C=O) groups is 1. The van der Waals surface area contributed by atoms with E-state index in [4.69, 9.17) is 15.5 Å². The van der Waals surface area contributed by atoms with Crippen LogP contribution in [0.1, 0.15) is 28.8 Å². The van der Waals surface area contributed by atoms with Gasteiger partial charge in [-0.1, -0.05) is 36.4 Å². The monoisotopic (exact) mass is 336 g/mol. The first kappa shape index (κ1) is 18.4. The average molecular weight is 336 g/mol. The van der Waals surface area contributed by atoms with Crippen molar-refractivity contribution in [2.75, 3.05) is 5.73 Å². The van der Waals surface area contributed by atoms with Gasteiger partial charge in [0, 0.05) is 36.4 Å². The van der Waals surface area contributed by atoms with E-state index in [0.717, 1.165) is 30.7 Å². The van der Waals surface area contributed by atoms with E-state index in [-0.39, 0.29) is 6.41 Å². The number of nitrogens with zero attached hydrogens (tertiary/aromatic N) is 2. The van der Waals surface area contributed by atoms with Gasteiger partial charge in [-0.25, -0.2) is 4.98 Å². The van der Waals surface area contributed by atoms with E-state index in [1.807, 2.05) is 19.1 Å². The number of allylic oxidation sites excluding steroid dienone is 2. The molecule has 1 aromatic carbocycles. The van der Waals surface area contributed by atoms with Gasteiger partial charge >= 0.3 is 0 Å². The zero-order chi connectivity index (χ0) is 18.2. The summed E-state index contributed by atoms with van der Waals surface area (Å²) in [6, 6.07) is 12.4. The van der Waals surface area contributed by atoms with Gasteiger partial charge in [0.1, 0.15) is 5.82 Å². The minimum Gasteiger partial charge on any atom is -0.384 e. The highest BCUT2D eigenvalue weighted by atomic mass is 16.1. The van der Waals surface area contributed by atoms with Crippen molar-refractivity contribution in [2.24, 2.45) is 10.7 Å². The number of amides is 1. The zero-order valence-corrected chi connectivity index (χ0v) is 14.7. The van der Waals surface area contributed by atoms with Crippen LogP contribution in [0.25, 0.3) is 0 Å². The molecule has 1 aromatic heterocycles. The fourth-order valence-electron chi connectivity index (χ4n) is 2.92. The molecule has 1 amide bonds. The van der Waals surface area contributed by atoms with Crippen LogP contribution in [0, 0.1) is 13.8 Å².